The molecule has 0 amide bonds. The van der Waals surface area contributed by atoms with Gasteiger partial charge in [0.05, 0.1) is 6.54 Å². The van der Waals surface area contributed by atoms with E-state index in [0.717, 1.165) is 0 Å². The van der Waals surface area contributed by atoms with Gasteiger partial charge in [0.25, 0.3) is 0 Å². The van der Waals surface area contributed by atoms with Crippen molar-refractivity contribution in [2.45, 2.75) is 11.4 Å². The maximum atomic E-state index is 12.0. The number of sulfonamides is 1. The van der Waals surface area contributed by atoms with Gasteiger partial charge in [-0.15, -0.1) is 10.2 Å². The number of aromatic nitrogens is 4. The highest BCUT2D eigenvalue weighted by molar-refractivity contribution is 7.89. The Labute approximate surface area is 104 Å². The normalized spacial score (nSPS) is 11.6. The van der Waals surface area contributed by atoms with Crippen LogP contribution in [0.2, 0.25) is 0 Å². The lowest BCUT2D eigenvalue weighted by Crippen LogP contribution is -2.25. The summed E-state index contributed by atoms with van der Waals surface area (Å²) >= 11 is 0. The molecule has 0 atom stereocenters. The van der Waals surface area contributed by atoms with Crippen LogP contribution in [0.25, 0.3) is 0 Å². The molecule has 2 aromatic rings. The summed E-state index contributed by atoms with van der Waals surface area (Å²) in [7, 11) is -1.98. The fourth-order valence-corrected chi connectivity index (χ4v) is 2.39. The van der Waals surface area contributed by atoms with Gasteiger partial charge in [0, 0.05) is 13.2 Å². The summed E-state index contributed by atoms with van der Waals surface area (Å²) in [6.07, 6.45) is 2.92. The van der Waals surface area contributed by atoms with E-state index >= 15 is 0 Å². The smallest absolute Gasteiger partial charge is 0.244 e. The quantitative estimate of drug-likeness (QED) is 0.755. The molecule has 0 bridgehead atoms. The maximum Gasteiger partial charge on any atom is 0.244 e. The van der Waals surface area contributed by atoms with Gasteiger partial charge in [0.15, 0.2) is 0 Å². The summed E-state index contributed by atoms with van der Waals surface area (Å²) in [4.78, 5) is 3.68. The number of nitrogens with two attached hydrogens (primary N) is 1. The van der Waals surface area contributed by atoms with Crippen LogP contribution in [0.1, 0.15) is 5.82 Å². The van der Waals surface area contributed by atoms with Gasteiger partial charge in [-0.25, -0.2) is 18.1 Å². The minimum atomic E-state index is -3.70. The second kappa shape index (κ2) is 4.70. The molecule has 0 fully saturated rings. The first-order valence-corrected chi connectivity index (χ1v) is 6.52. The Morgan fingerprint density at radius 1 is 1.50 bits per heavy atom. The topological polar surface area (TPSA) is 116 Å². The zero-order chi connectivity index (χ0) is 13.2. The van der Waals surface area contributed by atoms with Crippen LogP contribution in [0, 0.1) is 0 Å². The Morgan fingerprint density at radius 3 is 2.89 bits per heavy atom. The summed E-state index contributed by atoms with van der Waals surface area (Å²) in [5.74, 6) is 0.462. The molecule has 0 saturated carbocycles. The number of hydrogen-bond donors (Lipinski definition) is 2. The minimum Gasteiger partial charge on any atom is -0.383 e. The van der Waals surface area contributed by atoms with E-state index in [1.807, 2.05) is 0 Å². The highest BCUT2D eigenvalue weighted by Crippen LogP contribution is 2.14. The number of pyridine rings is 1. The fourth-order valence-electron chi connectivity index (χ4n) is 1.33. The number of anilines is 1. The van der Waals surface area contributed by atoms with E-state index in [4.69, 9.17) is 5.73 Å². The van der Waals surface area contributed by atoms with Gasteiger partial charge in [-0.1, -0.05) is 0 Å². The van der Waals surface area contributed by atoms with E-state index in [-0.39, 0.29) is 17.3 Å². The van der Waals surface area contributed by atoms with Crippen molar-refractivity contribution in [3.05, 3.63) is 30.5 Å². The molecule has 0 unspecified atom stereocenters. The summed E-state index contributed by atoms with van der Waals surface area (Å²) in [6, 6.07) is 2.90. The Kier molecular flexibility index (Phi) is 3.26. The summed E-state index contributed by atoms with van der Waals surface area (Å²) in [5.41, 5.74) is 5.52. The first kappa shape index (κ1) is 12.5. The molecule has 0 aromatic carbocycles. The third kappa shape index (κ3) is 2.46. The van der Waals surface area contributed by atoms with Crippen molar-refractivity contribution in [1.29, 1.82) is 0 Å². The zero-order valence-corrected chi connectivity index (χ0v) is 10.4. The van der Waals surface area contributed by atoms with E-state index in [1.54, 1.807) is 11.6 Å². The molecule has 2 rings (SSSR count). The average Bonchev–Trinajstić information content (AvgIpc) is 2.73. The van der Waals surface area contributed by atoms with Crippen LogP contribution in [0.3, 0.4) is 0 Å². The van der Waals surface area contributed by atoms with Crippen LogP contribution in [0.4, 0.5) is 5.82 Å². The van der Waals surface area contributed by atoms with Crippen molar-refractivity contribution in [2.24, 2.45) is 7.05 Å². The third-order valence-electron chi connectivity index (χ3n) is 2.31. The van der Waals surface area contributed by atoms with Crippen LogP contribution in [0.15, 0.2) is 29.6 Å². The summed E-state index contributed by atoms with van der Waals surface area (Å²) in [6.45, 7) is 0.0349. The van der Waals surface area contributed by atoms with Crippen LogP contribution < -0.4 is 10.5 Å². The second-order valence-electron chi connectivity index (χ2n) is 3.57. The largest absolute Gasteiger partial charge is 0.383 e. The van der Waals surface area contributed by atoms with Gasteiger partial charge in [-0.2, -0.15) is 0 Å². The van der Waals surface area contributed by atoms with Gasteiger partial charge in [0.2, 0.25) is 10.0 Å². The predicted octanol–water partition coefficient (Wildman–Crippen LogP) is -0.729. The van der Waals surface area contributed by atoms with Crippen molar-refractivity contribution in [1.82, 2.24) is 24.5 Å². The first-order chi connectivity index (χ1) is 8.50. The van der Waals surface area contributed by atoms with Gasteiger partial charge in [0.1, 0.15) is 22.9 Å². The molecule has 2 heterocycles. The summed E-state index contributed by atoms with van der Waals surface area (Å²) < 4.78 is 28.0. The highest BCUT2D eigenvalue weighted by Gasteiger charge is 2.18. The van der Waals surface area contributed by atoms with E-state index < -0.39 is 10.0 Å². The van der Waals surface area contributed by atoms with Gasteiger partial charge in [-0.05, 0) is 12.1 Å². The molecule has 0 aliphatic heterocycles. The molecular formula is C9H12N6O2S. The molecule has 0 radical (unpaired) electrons. The molecule has 2 aromatic heterocycles. The van der Waals surface area contributed by atoms with E-state index in [2.05, 4.69) is 19.9 Å². The predicted molar refractivity (Wildman–Crippen MR) is 63.7 cm³/mol. The lowest BCUT2D eigenvalue weighted by molar-refractivity contribution is 0.577. The maximum absolute atomic E-state index is 12.0. The second-order valence-corrected chi connectivity index (χ2v) is 5.30. The van der Waals surface area contributed by atoms with Crippen molar-refractivity contribution >= 4 is 15.8 Å². The lowest BCUT2D eigenvalue weighted by atomic mass is 10.5. The Morgan fingerprint density at radius 2 is 2.28 bits per heavy atom. The molecule has 0 spiro atoms. The number of hydrogen-bond acceptors (Lipinski definition) is 6. The van der Waals surface area contributed by atoms with Gasteiger partial charge >= 0.3 is 0 Å². The van der Waals surface area contributed by atoms with Crippen molar-refractivity contribution < 1.29 is 8.42 Å². The number of nitrogens with zero attached hydrogens (tertiary/aromatic N) is 4. The van der Waals surface area contributed by atoms with E-state index in [1.165, 1.54) is 24.7 Å². The molecule has 96 valence electrons. The van der Waals surface area contributed by atoms with Crippen molar-refractivity contribution in [3.63, 3.8) is 0 Å². The number of aryl methyl sites for hydroxylation is 1. The first-order valence-electron chi connectivity index (χ1n) is 5.04. The van der Waals surface area contributed by atoms with Crippen LogP contribution in [0.5, 0.6) is 0 Å². The fraction of sp³-hybridized carbons (Fsp3) is 0.222. The molecule has 8 nitrogen and oxygen atoms in total. The third-order valence-corrected chi connectivity index (χ3v) is 3.76. The van der Waals surface area contributed by atoms with Gasteiger partial charge < -0.3 is 10.3 Å². The molecule has 9 heteroatoms. The van der Waals surface area contributed by atoms with Gasteiger partial charge in [-0.3, -0.25) is 0 Å². The Bertz CT molecular complexity index is 651. The zero-order valence-electron chi connectivity index (χ0n) is 9.61. The van der Waals surface area contributed by atoms with E-state index in [0.29, 0.717) is 5.82 Å². The molecular weight excluding hydrogens is 256 g/mol. The molecule has 0 saturated heterocycles. The van der Waals surface area contributed by atoms with Crippen molar-refractivity contribution in [3.8, 4) is 0 Å². The molecule has 18 heavy (non-hydrogen) atoms. The minimum absolute atomic E-state index is 0.0349. The summed E-state index contributed by atoms with van der Waals surface area (Å²) in [5, 5.41) is 7.43. The molecule has 3 N–H and O–H groups in total. The monoisotopic (exact) mass is 268 g/mol. The van der Waals surface area contributed by atoms with Crippen LogP contribution in [-0.4, -0.2) is 28.2 Å². The lowest BCUT2D eigenvalue weighted by Gasteiger charge is -2.07. The highest BCUT2D eigenvalue weighted by atomic mass is 32.2. The number of nitrogen functional groups attached to an aromatic ring is 1. The Balaban J connectivity index is 2.19. The SMILES string of the molecule is Cn1cnnc1CNS(=O)(=O)c1cccnc1N. The van der Waals surface area contributed by atoms with Crippen molar-refractivity contribution in [2.75, 3.05) is 5.73 Å². The standard InChI is InChI=1S/C9H12N6O2S/c1-15-6-12-14-8(15)5-13-18(16,17)7-3-2-4-11-9(7)10/h2-4,6,13H,5H2,1H3,(H2,10,11). The Hall–Kier alpha value is -2.00. The molecule has 0 aliphatic rings. The number of nitrogens with one attached hydrogen (secondary N) is 1. The van der Waals surface area contributed by atoms with Crippen LogP contribution >= 0.6 is 0 Å². The molecule has 0 aliphatic carbocycles. The number of rotatable bonds is 4. The van der Waals surface area contributed by atoms with E-state index in [9.17, 15) is 8.42 Å². The van der Waals surface area contributed by atoms with Crippen LogP contribution in [-0.2, 0) is 23.6 Å². The average molecular weight is 268 g/mol.